The van der Waals surface area contributed by atoms with Crippen molar-refractivity contribution >= 4 is 34.7 Å². The van der Waals surface area contributed by atoms with E-state index in [9.17, 15) is 9.59 Å². The van der Waals surface area contributed by atoms with Gasteiger partial charge in [-0.15, -0.1) is 0 Å². The lowest BCUT2D eigenvalue weighted by molar-refractivity contribution is 0.0917. The number of aldehydes is 1. The molecular weight excluding hydrogens is 298 g/mol. The van der Waals surface area contributed by atoms with Gasteiger partial charge >= 0.3 is 0 Å². The number of carbonyl (C=O) groups is 2. The molecule has 0 fully saturated rings. The van der Waals surface area contributed by atoms with Gasteiger partial charge in [-0.1, -0.05) is 41.9 Å². The van der Waals surface area contributed by atoms with Crippen LogP contribution in [0.15, 0.2) is 48.5 Å². The molecule has 110 valence electrons. The molecule has 0 N–H and O–H groups in total. The number of carbonyl (C=O) groups excluding carboxylic acids is 2. The number of hydrogen-bond acceptors (Lipinski definition) is 2. The summed E-state index contributed by atoms with van der Waals surface area (Å²) in [6.07, 6.45) is 1.07. The van der Waals surface area contributed by atoms with Crippen LogP contribution in [0, 0.1) is 6.92 Å². The lowest BCUT2D eigenvalue weighted by Crippen LogP contribution is -2.15. The standard InChI is InChI=1S/C18H14ClNO2/c1-12-16(11-21)15-4-2-3-5-17(15)20(12)18(22)10-13-6-8-14(19)9-7-13/h2-9,11H,10H2,1H3. The van der Waals surface area contributed by atoms with E-state index in [0.717, 1.165) is 22.8 Å². The average Bonchev–Trinajstić information content (AvgIpc) is 2.81. The van der Waals surface area contributed by atoms with Gasteiger partial charge in [0, 0.05) is 21.7 Å². The van der Waals surface area contributed by atoms with Crippen LogP contribution in [0.3, 0.4) is 0 Å². The van der Waals surface area contributed by atoms with Crippen LogP contribution in [-0.4, -0.2) is 16.8 Å². The normalized spacial score (nSPS) is 10.8. The predicted molar refractivity (Wildman–Crippen MR) is 87.8 cm³/mol. The fourth-order valence-corrected chi connectivity index (χ4v) is 2.84. The Kier molecular flexibility index (Phi) is 3.82. The van der Waals surface area contributed by atoms with E-state index in [4.69, 9.17) is 11.6 Å². The number of rotatable bonds is 3. The van der Waals surface area contributed by atoms with Gasteiger partial charge in [-0.25, -0.2) is 0 Å². The van der Waals surface area contributed by atoms with E-state index in [1.54, 1.807) is 23.6 Å². The zero-order valence-electron chi connectivity index (χ0n) is 12.0. The van der Waals surface area contributed by atoms with Gasteiger partial charge in [0.2, 0.25) is 5.91 Å². The van der Waals surface area contributed by atoms with Crippen LogP contribution in [0.1, 0.15) is 26.4 Å². The minimum atomic E-state index is -0.0656. The first kappa shape index (κ1) is 14.5. The minimum absolute atomic E-state index is 0.0656. The molecule has 0 saturated carbocycles. The molecule has 1 aromatic heterocycles. The Labute approximate surface area is 133 Å². The minimum Gasteiger partial charge on any atom is -0.298 e. The summed E-state index contributed by atoms with van der Waals surface area (Å²) in [4.78, 5) is 24.0. The Morgan fingerprint density at radius 1 is 1.14 bits per heavy atom. The first-order valence-electron chi connectivity index (χ1n) is 6.94. The Morgan fingerprint density at radius 2 is 1.82 bits per heavy atom. The number of halogens is 1. The second-order valence-electron chi connectivity index (χ2n) is 5.17. The van der Waals surface area contributed by atoms with Crippen LogP contribution in [0.25, 0.3) is 10.9 Å². The maximum Gasteiger partial charge on any atom is 0.235 e. The Balaban J connectivity index is 2.06. The maximum absolute atomic E-state index is 12.7. The van der Waals surface area contributed by atoms with Crippen molar-refractivity contribution in [1.82, 2.24) is 4.57 Å². The van der Waals surface area contributed by atoms with Crippen LogP contribution < -0.4 is 0 Å². The summed E-state index contributed by atoms with van der Waals surface area (Å²) in [5.74, 6) is -0.0656. The van der Waals surface area contributed by atoms with E-state index in [1.165, 1.54) is 0 Å². The molecule has 0 aliphatic rings. The van der Waals surface area contributed by atoms with Crippen LogP contribution in [0.2, 0.25) is 5.02 Å². The van der Waals surface area contributed by atoms with E-state index in [1.807, 2.05) is 36.4 Å². The molecule has 0 bridgehead atoms. The Morgan fingerprint density at radius 3 is 2.50 bits per heavy atom. The van der Waals surface area contributed by atoms with Crippen LogP contribution in [0.5, 0.6) is 0 Å². The molecule has 3 rings (SSSR count). The molecule has 0 atom stereocenters. The van der Waals surface area contributed by atoms with Gasteiger partial charge in [0.25, 0.3) is 0 Å². The second kappa shape index (κ2) is 5.78. The predicted octanol–water partition coefficient (Wildman–Crippen LogP) is 4.30. The topological polar surface area (TPSA) is 39.1 Å². The zero-order chi connectivity index (χ0) is 15.7. The number of benzene rings is 2. The number of fused-ring (bicyclic) bond motifs is 1. The zero-order valence-corrected chi connectivity index (χ0v) is 12.8. The molecule has 0 radical (unpaired) electrons. The van der Waals surface area contributed by atoms with Crippen molar-refractivity contribution in [2.45, 2.75) is 13.3 Å². The van der Waals surface area contributed by atoms with Crippen LogP contribution in [0.4, 0.5) is 0 Å². The molecule has 22 heavy (non-hydrogen) atoms. The fraction of sp³-hybridized carbons (Fsp3) is 0.111. The van der Waals surface area contributed by atoms with Gasteiger partial charge in [0.1, 0.15) is 0 Å². The van der Waals surface area contributed by atoms with E-state index in [2.05, 4.69) is 0 Å². The summed E-state index contributed by atoms with van der Waals surface area (Å²) in [7, 11) is 0. The lowest BCUT2D eigenvalue weighted by Gasteiger charge is -2.07. The highest BCUT2D eigenvalue weighted by molar-refractivity contribution is 6.30. The monoisotopic (exact) mass is 311 g/mol. The van der Waals surface area contributed by atoms with E-state index < -0.39 is 0 Å². The first-order valence-corrected chi connectivity index (χ1v) is 7.32. The number of nitrogens with zero attached hydrogens (tertiary/aromatic N) is 1. The quantitative estimate of drug-likeness (QED) is 0.676. The van der Waals surface area contributed by atoms with Crippen molar-refractivity contribution in [1.29, 1.82) is 0 Å². The van der Waals surface area contributed by atoms with Crippen molar-refractivity contribution in [3.63, 3.8) is 0 Å². The number of para-hydroxylation sites is 1. The van der Waals surface area contributed by atoms with Crippen molar-refractivity contribution < 1.29 is 9.59 Å². The highest BCUT2D eigenvalue weighted by Crippen LogP contribution is 2.25. The second-order valence-corrected chi connectivity index (χ2v) is 5.60. The van der Waals surface area contributed by atoms with E-state index in [0.29, 0.717) is 16.3 Å². The average molecular weight is 312 g/mol. The van der Waals surface area contributed by atoms with Crippen LogP contribution >= 0.6 is 11.6 Å². The third-order valence-corrected chi connectivity index (χ3v) is 4.05. The molecule has 0 aliphatic carbocycles. The third kappa shape index (κ3) is 2.44. The van der Waals surface area contributed by atoms with E-state index >= 15 is 0 Å². The summed E-state index contributed by atoms with van der Waals surface area (Å²) in [5.41, 5.74) is 2.90. The summed E-state index contributed by atoms with van der Waals surface area (Å²) >= 11 is 5.86. The third-order valence-electron chi connectivity index (χ3n) is 3.80. The Bertz CT molecular complexity index is 863. The summed E-state index contributed by atoms with van der Waals surface area (Å²) < 4.78 is 1.62. The molecule has 3 aromatic rings. The maximum atomic E-state index is 12.7. The summed E-state index contributed by atoms with van der Waals surface area (Å²) in [5, 5.41) is 1.45. The largest absolute Gasteiger partial charge is 0.298 e. The molecule has 2 aromatic carbocycles. The van der Waals surface area contributed by atoms with E-state index in [-0.39, 0.29) is 12.3 Å². The highest BCUT2D eigenvalue weighted by Gasteiger charge is 2.18. The van der Waals surface area contributed by atoms with Gasteiger partial charge in [0.05, 0.1) is 11.9 Å². The molecule has 4 heteroatoms. The summed E-state index contributed by atoms with van der Waals surface area (Å²) in [6.45, 7) is 1.80. The van der Waals surface area contributed by atoms with Gasteiger partial charge in [0.15, 0.2) is 6.29 Å². The van der Waals surface area contributed by atoms with Gasteiger partial charge in [-0.2, -0.15) is 0 Å². The Hall–Kier alpha value is -2.39. The molecule has 0 unspecified atom stereocenters. The molecule has 1 heterocycles. The molecule has 0 saturated heterocycles. The lowest BCUT2D eigenvalue weighted by atomic mass is 10.1. The van der Waals surface area contributed by atoms with Crippen molar-refractivity contribution in [3.8, 4) is 0 Å². The molecule has 0 spiro atoms. The molecule has 0 aliphatic heterocycles. The fourth-order valence-electron chi connectivity index (χ4n) is 2.72. The highest BCUT2D eigenvalue weighted by atomic mass is 35.5. The molecular formula is C18H14ClNO2. The smallest absolute Gasteiger partial charge is 0.235 e. The van der Waals surface area contributed by atoms with Crippen molar-refractivity contribution in [3.05, 3.63) is 70.4 Å². The van der Waals surface area contributed by atoms with Crippen LogP contribution in [-0.2, 0) is 6.42 Å². The SMILES string of the molecule is Cc1c(C=O)c2ccccc2n1C(=O)Cc1ccc(Cl)cc1. The summed E-state index contributed by atoms with van der Waals surface area (Å²) in [6, 6.07) is 14.6. The van der Waals surface area contributed by atoms with Crippen molar-refractivity contribution in [2.24, 2.45) is 0 Å². The number of hydrogen-bond donors (Lipinski definition) is 0. The molecule has 3 nitrogen and oxygen atoms in total. The van der Waals surface area contributed by atoms with Gasteiger partial charge in [-0.3, -0.25) is 14.2 Å². The van der Waals surface area contributed by atoms with Gasteiger partial charge in [-0.05, 0) is 30.7 Å². The number of aromatic nitrogens is 1. The first-order chi connectivity index (χ1) is 10.6. The van der Waals surface area contributed by atoms with Gasteiger partial charge < -0.3 is 0 Å². The van der Waals surface area contributed by atoms with Crippen molar-refractivity contribution in [2.75, 3.05) is 0 Å². The molecule has 0 amide bonds.